The molecule has 11 heteroatoms. The maximum absolute atomic E-state index is 13.0. The van der Waals surface area contributed by atoms with E-state index in [-0.39, 0.29) is 12.1 Å². The third-order valence-corrected chi connectivity index (χ3v) is 5.29. The van der Waals surface area contributed by atoms with Gasteiger partial charge >= 0.3 is 12.4 Å². The minimum atomic E-state index is -5.00. The van der Waals surface area contributed by atoms with Crippen molar-refractivity contribution < 1.29 is 45.3 Å². The molecule has 1 heterocycles. The van der Waals surface area contributed by atoms with Gasteiger partial charge in [-0.25, -0.2) is 0 Å². The number of alkyl halides is 6. The topological polar surface area (TPSA) is 48.0 Å². The highest BCUT2D eigenvalue weighted by Gasteiger charge is 2.37. The van der Waals surface area contributed by atoms with Crippen LogP contribution >= 0.6 is 0 Å². The Bertz CT molecular complexity index is 973. The van der Waals surface area contributed by atoms with Gasteiger partial charge in [0.1, 0.15) is 5.75 Å². The molecule has 2 aromatic rings. The van der Waals surface area contributed by atoms with Gasteiger partial charge in [0.05, 0.1) is 31.4 Å². The van der Waals surface area contributed by atoms with E-state index in [4.69, 9.17) is 14.2 Å². The largest absolute Gasteiger partial charge is 0.493 e. The molecular formula is C22H21F6NO4. The maximum Gasteiger partial charge on any atom is 0.416 e. The van der Waals surface area contributed by atoms with E-state index < -0.39 is 41.7 Å². The second kappa shape index (κ2) is 9.40. The molecule has 0 N–H and O–H groups in total. The Kier molecular flexibility index (Phi) is 6.99. The third-order valence-electron chi connectivity index (χ3n) is 5.29. The summed E-state index contributed by atoms with van der Waals surface area (Å²) in [6, 6.07) is 5.72. The second-order valence-electron chi connectivity index (χ2n) is 7.39. The van der Waals surface area contributed by atoms with Crippen molar-refractivity contribution in [1.82, 2.24) is 4.90 Å². The summed E-state index contributed by atoms with van der Waals surface area (Å²) in [4.78, 5) is 14.2. The SMILES string of the molecule is COc1ccc(C2CCCN2C(=O)COc2cc(C(F)(F)F)cc(C(F)(F)F)c2)cc1OC. The number of hydrogen-bond acceptors (Lipinski definition) is 4. The fourth-order valence-electron chi connectivity index (χ4n) is 3.71. The van der Waals surface area contributed by atoms with Crippen molar-refractivity contribution in [2.24, 2.45) is 0 Å². The molecule has 180 valence electrons. The van der Waals surface area contributed by atoms with Gasteiger partial charge in [0, 0.05) is 6.54 Å². The normalized spacial score (nSPS) is 16.6. The summed E-state index contributed by atoms with van der Waals surface area (Å²) in [5, 5.41) is 0. The van der Waals surface area contributed by atoms with Crippen LogP contribution < -0.4 is 14.2 Å². The van der Waals surface area contributed by atoms with Gasteiger partial charge in [-0.15, -0.1) is 0 Å². The molecule has 1 saturated heterocycles. The van der Waals surface area contributed by atoms with E-state index in [9.17, 15) is 31.1 Å². The Labute approximate surface area is 185 Å². The number of amides is 1. The van der Waals surface area contributed by atoms with Crippen LogP contribution in [0, 0.1) is 0 Å². The Balaban J connectivity index is 1.78. The highest BCUT2D eigenvalue weighted by Crippen LogP contribution is 2.39. The van der Waals surface area contributed by atoms with Crippen molar-refractivity contribution >= 4 is 5.91 Å². The lowest BCUT2D eigenvalue weighted by Crippen LogP contribution is -2.34. The number of carbonyl (C=O) groups excluding carboxylic acids is 1. The van der Waals surface area contributed by atoms with Gasteiger partial charge in [-0.3, -0.25) is 4.79 Å². The molecule has 1 fully saturated rings. The second-order valence-corrected chi connectivity index (χ2v) is 7.39. The number of nitrogens with zero attached hydrogens (tertiary/aromatic N) is 1. The lowest BCUT2D eigenvalue weighted by molar-refractivity contribution is -0.143. The van der Waals surface area contributed by atoms with Crippen LogP contribution in [0.2, 0.25) is 0 Å². The molecule has 1 atom stereocenters. The number of methoxy groups -OCH3 is 2. The van der Waals surface area contributed by atoms with E-state index in [1.807, 2.05) is 0 Å². The van der Waals surface area contributed by atoms with E-state index in [0.717, 1.165) is 5.56 Å². The number of carbonyl (C=O) groups is 1. The Morgan fingerprint density at radius 1 is 0.939 bits per heavy atom. The molecule has 0 bridgehead atoms. The first kappa shape index (κ1) is 24.5. The van der Waals surface area contributed by atoms with Crippen LogP contribution in [0.15, 0.2) is 36.4 Å². The van der Waals surface area contributed by atoms with E-state index in [0.29, 0.717) is 43.0 Å². The molecule has 33 heavy (non-hydrogen) atoms. The summed E-state index contributed by atoms with van der Waals surface area (Å²) in [6.07, 6.45) is -8.71. The van der Waals surface area contributed by atoms with Crippen molar-refractivity contribution in [2.75, 3.05) is 27.4 Å². The van der Waals surface area contributed by atoms with Crippen molar-refractivity contribution in [3.05, 3.63) is 53.1 Å². The zero-order valence-corrected chi connectivity index (χ0v) is 17.7. The van der Waals surface area contributed by atoms with Crippen molar-refractivity contribution in [1.29, 1.82) is 0 Å². The quantitative estimate of drug-likeness (QED) is 0.517. The number of rotatable bonds is 6. The van der Waals surface area contributed by atoms with E-state index in [1.54, 1.807) is 18.2 Å². The fourth-order valence-corrected chi connectivity index (χ4v) is 3.71. The lowest BCUT2D eigenvalue weighted by atomic mass is 10.0. The predicted octanol–water partition coefficient (Wildman–Crippen LogP) is 5.48. The number of ether oxygens (including phenoxy) is 3. The van der Waals surface area contributed by atoms with Crippen LogP contribution in [0.1, 0.15) is 35.6 Å². The Morgan fingerprint density at radius 3 is 2.09 bits per heavy atom. The zero-order chi connectivity index (χ0) is 24.4. The summed E-state index contributed by atoms with van der Waals surface area (Å²) in [7, 11) is 2.95. The first-order chi connectivity index (χ1) is 15.4. The lowest BCUT2D eigenvalue weighted by Gasteiger charge is -2.26. The van der Waals surface area contributed by atoms with Gasteiger partial charge in [0.15, 0.2) is 18.1 Å². The highest BCUT2D eigenvalue weighted by molar-refractivity contribution is 5.78. The minimum Gasteiger partial charge on any atom is -0.493 e. The summed E-state index contributed by atoms with van der Waals surface area (Å²) in [5.74, 6) is -0.273. The molecule has 3 rings (SSSR count). The van der Waals surface area contributed by atoms with Crippen LogP contribution in [-0.4, -0.2) is 38.2 Å². The molecule has 1 unspecified atom stereocenters. The van der Waals surface area contributed by atoms with Gasteiger partial charge in [-0.2, -0.15) is 26.3 Å². The van der Waals surface area contributed by atoms with Crippen LogP contribution in [0.25, 0.3) is 0 Å². The standard InChI is InChI=1S/C22H21F6NO4/c1-31-18-6-5-13(8-19(18)32-2)17-4-3-7-29(17)20(30)12-33-16-10-14(21(23,24)25)9-15(11-16)22(26,27)28/h5-6,8-11,17H,3-4,7,12H2,1-2H3. The van der Waals surface area contributed by atoms with Gasteiger partial charge in [0.25, 0.3) is 5.91 Å². The number of halogens is 6. The zero-order valence-electron chi connectivity index (χ0n) is 17.7. The molecule has 0 aromatic heterocycles. The molecule has 0 aliphatic carbocycles. The Hall–Kier alpha value is -3.11. The average Bonchev–Trinajstić information content (AvgIpc) is 3.25. The molecular weight excluding hydrogens is 456 g/mol. The average molecular weight is 477 g/mol. The fraction of sp³-hybridized carbons (Fsp3) is 0.409. The van der Waals surface area contributed by atoms with E-state index in [2.05, 4.69) is 0 Å². The van der Waals surface area contributed by atoms with E-state index >= 15 is 0 Å². The van der Waals surface area contributed by atoms with Crippen LogP contribution in [0.5, 0.6) is 17.2 Å². The summed E-state index contributed by atoms with van der Waals surface area (Å²) in [6.45, 7) is -0.333. The molecule has 0 saturated carbocycles. The summed E-state index contributed by atoms with van der Waals surface area (Å²) >= 11 is 0. The molecule has 5 nitrogen and oxygen atoms in total. The molecule has 0 radical (unpaired) electrons. The van der Waals surface area contributed by atoms with Crippen molar-refractivity contribution in [3.8, 4) is 17.2 Å². The van der Waals surface area contributed by atoms with Crippen LogP contribution in [-0.2, 0) is 17.1 Å². The van der Waals surface area contributed by atoms with Crippen LogP contribution in [0.3, 0.4) is 0 Å². The predicted molar refractivity (Wildman–Crippen MR) is 105 cm³/mol. The third kappa shape index (κ3) is 5.63. The number of benzene rings is 2. The number of hydrogen-bond donors (Lipinski definition) is 0. The summed E-state index contributed by atoms with van der Waals surface area (Å²) in [5.41, 5.74) is -2.26. The van der Waals surface area contributed by atoms with Crippen LogP contribution in [0.4, 0.5) is 26.3 Å². The minimum absolute atomic E-state index is 0.00223. The molecule has 1 aliphatic rings. The Morgan fingerprint density at radius 2 is 1.55 bits per heavy atom. The molecule has 1 aliphatic heterocycles. The molecule has 1 amide bonds. The highest BCUT2D eigenvalue weighted by atomic mass is 19.4. The monoisotopic (exact) mass is 477 g/mol. The molecule has 0 spiro atoms. The van der Waals surface area contributed by atoms with Gasteiger partial charge in [-0.05, 0) is 48.7 Å². The summed E-state index contributed by atoms with van der Waals surface area (Å²) < 4.78 is 93.7. The van der Waals surface area contributed by atoms with Gasteiger partial charge in [0.2, 0.25) is 0 Å². The first-order valence-corrected chi connectivity index (χ1v) is 9.87. The van der Waals surface area contributed by atoms with E-state index in [1.165, 1.54) is 19.1 Å². The van der Waals surface area contributed by atoms with Gasteiger partial charge in [-0.1, -0.05) is 6.07 Å². The first-order valence-electron chi connectivity index (χ1n) is 9.87. The number of likely N-dealkylation sites (tertiary alicyclic amines) is 1. The maximum atomic E-state index is 13.0. The van der Waals surface area contributed by atoms with Crippen molar-refractivity contribution in [3.63, 3.8) is 0 Å². The smallest absolute Gasteiger partial charge is 0.416 e. The van der Waals surface area contributed by atoms with Crippen molar-refractivity contribution in [2.45, 2.75) is 31.2 Å². The van der Waals surface area contributed by atoms with Gasteiger partial charge < -0.3 is 19.1 Å². The molecule has 2 aromatic carbocycles.